The minimum atomic E-state index is 0.149. The maximum Gasteiger partial charge on any atom is 0.226 e. The van der Waals surface area contributed by atoms with Crippen molar-refractivity contribution < 1.29 is 9.53 Å². The van der Waals surface area contributed by atoms with Crippen molar-refractivity contribution in [3.63, 3.8) is 0 Å². The summed E-state index contributed by atoms with van der Waals surface area (Å²) in [5.74, 6) is 2.16. The van der Waals surface area contributed by atoms with Crippen LogP contribution in [-0.2, 0) is 22.4 Å². The fourth-order valence-electron chi connectivity index (χ4n) is 5.45. The largest absolute Gasteiger partial charge is 0.381 e. The molecule has 1 saturated heterocycles. The molecule has 1 aliphatic heterocycles. The standard InChI is InChI=1S/C24H29N5O2/c1-24-12-15(24)10-17-20(13-24)27-28-22(17)23-25-18-4-3-16(11-19(18)26-23)29(2)21(30)9-14-5-7-31-8-6-14/h3-4,11,14-15H,5-10,12-13H2,1-2H3,(H,25,26)(H,27,28)/t15-,24-/m1/s1. The van der Waals surface area contributed by atoms with Crippen LogP contribution in [-0.4, -0.2) is 46.3 Å². The molecule has 3 heterocycles. The van der Waals surface area contributed by atoms with E-state index in [-0.39, 0.29) is 5.91 Å². The van der Waals surface area contributed by atoms with Gasteiger partial charge < -0.3 is 14.6 Å². The van der Waals surface area contributed by atoms with Gasteiger partial charge in [0.05, 0.1) is 11.0 Å². The molecule has 2 atom stereocenters. The van der Waals surface area contributed by atoms with Gasteiger partial charge in [0.1, 0.15) is 5.69 Å². The van der Waals surface area contributed by atoms with E-state index in [0.29, 0.717) is 17.8 Å². The highest BCUT2D eigenvalue weighted by molar-refractivity contribution is 5.95. The lowest BCUT2D eigenvalue weighted by atomic mass is 9.88. The topological polar surface area (TPSA) is 86.9 Å². The van der Waals surface area contributed by atoms with E-state index in [2.05, 4.69) is 22.1 Å². The molecule has 0 spiro atoms. The van der Waals surface area contributed by atoms with Crippen LogP contribution in [0.5, 0.6) is 0 Å². The maximum absolute atomic E-state index is 12.8. The highest BCUT2D eigenvalue weighted by Gasteiger charge is 2.53. The number of anilines is 1. The molecule has 3 aliphatic rings. The monoisotopic (exact) mass is 419 g/mol. The molecule has 1 amide bonds. The molecule has 2 aromatic heterocycles. The quantitative estimate of drug-likeness (QED) is 0.672. The molecule has 1 saturated carbocycles. The van der Waals surface area contributed by atoms with Crippen LogP contribution in [0.4, 0.5) is 5.69 Å². The average Bonchev–Trinajstić information content (AvgIpc) is 3.08. The molecule has 7 heteroatoms. The number of H-pyrrole nitrogens is 2. The number of nitrogens with zero attached hydrogens (tertiary/aromatic N) is 3. The van der Waals surface area contributed by atoms with Crippen LogP contribution in [0, 0.1) is 17.3 Å². The Hall–Kier alpha value is -2.67. The number of amides is 1. The van der Waals surface area contributed by atoms with Gasteiger partial charge >= 0.3 is 0 Å². The predicted molar refractivity (Wildman–Crippen MR) is 119 cm³/mol. The predicted octanol–water partition coefficient (Wildman–Crippen LogP) is 3.86. The summed E-state index contributed by atoms with van der Waals surface area (Å²) in [5.41, 5.74) is 6.72. The Balaban J connectivity index is 1.24. The summed E-state index contributed by atoms with van der Waals surface area (Å²) in [4.78, 5) is 22.8. The Bertz CT molecular complexity index is 1160. The van der Waals surface area contributed by atoms with Crippen LogP contribution in [0.3, 0.4) is 0 Å². The van der Waals surface area contributed by atoms with E-state index < -0.39 is 0 Å². The van der Waals surface area contributed by atoms with E-state index in [1.54, 1.807) is 4.90 Å². The van der Waals surface area contributed by atoms with E-state index >= 15 is 0 Å². The second-order valence-corrected chi connectivity index (χ2v) is 9.96. The normalized spacial score (nSPS) is 25.3. The molecule has 2 fully saturated rings. The summed E-state index contributed by atoms with van der Waals surface area (Å²) in [6.45, 7) is 3.91. The lowest BCUT2D eigenvalue weighted by molar-refractivity contribution is -0.119. The highest BCUT2D eigenvalue weighted by Crippen LogP contribution is 2.59. The number of ether oxygens (including phenoxy) is 1. The fourth-order valence-corrected chi connectivity index (χ4v) is 5.45. The second-order valence-electron chi connectivity index (χ2n) is 9.96. The van der Waals surface area contributed by atoms with Gasteiger partial charge in [0.25, 0.3) is 0 Å². The number of hydrogen-bond donors (Lipinski definition) is 2. The molecule has 31 heavy (non-hydrogen) atoms. The van der Waals surface area contributed by atoms with Gasteiger partial charge in [-0.3, -0.25) is 9.89 Å². The summed E-state index contributed by atoms with van der Waals surface area (Å²) in [7, 11) is 1.85. The van der Waals surface area contributed by atoms with Crippen molar-refractivity contribution in [1.29, 1.82) is 0 Å². The molecular weight excluding hydrogens is 390 g/mol. The SMILES string of the molecule is CN(C(=O)CC1CCOCC1)c1ccc2[nH]c(-c3n[nH]c4c3C[C@@H]3C[C@]3(C)C4)nc2c1. The van der Waals surface area contributed by atoms with Gasteiger partial charge in [-0.1, -0.05) is 6.92 Å². The third kappa shape index (κ3) is 3.26. The molecule has 3 aromatic rings. The number of imidazole rings is 1. The Kier molecular flexibility index (Phi) is 4.25. The molecule has 162 valence electrons. The zero-order chi connectivity index (χ0) is 21.2. The van der Waals surface area contributed by atoms with E-state index in [9.17, 15) is 4.79 Å². The molecule has 2 aliphatic carbocycles. The van der Waals surface area contributed by atoms with Crippen molar-refractivity contribution in [2.24, 2.45) is 17.3 Å². The number of carbonyl (C=O) groups is 1. The van der Waals surface area contributed by atoms with Crippen LogP contribution < -0.4 is 4.90 Å². The van der Waals surface area contributed by atoms with Crippen molar-refractivity contribution in [3.8, 4) is 11.5 Å². The van der Waals surface area contributed by atoms with Crippen molar-refractivity contribution in [2.75, 3.05) is 25.2 Å². The number of benzene rings is 1. The highest BCUT2D eigenvalue weighted by atomic mass is 16.5. The van der Waals surface area contributed by atoms with Gasteiger partial charge in [-0.05, 0) is 67.6 Å². The zero-order valence-corrected chi connectivity index (χ0v) is 18.2. The first-order valence-corrected chi connectivity index (χ1v) is 11.4. The molecular formula is C24H29N5O2. The van der Waals surface area contributed by atoms with Crippen LogP contribution in [0.25, 0.3) is 22.6 Å². The number of aromatic amines is 2. The first-order valence-electron chi connectivity index (χ1n) is 11.4. The first kappa shape index (κ1) is 19.0. The molecule has 0 radical (unpaired) electrons. The van der Waals surface area contributed by atoms with E-state index in [4.69, 9.17) is 9.72 Å². The molecule has 2 N–H and O–H groups in total. The Labute approximate surface area is 181 Å². The van der Waals surface area contributed by atoms with Crippen LogP contribution in [0.15, 0.2) is 18.2 Å². The summed E-state index contributed by atoms with van der Waals surface area (Å²) in [6.07, 6.45) is 5.99. The smallest absolute Gasteiger partial charge is 0.226 e. The van der Waals surface area contributed by atoms with Gasteiger partial charge in [0.15, 0.2) is 5.82 Å². The fraction of sp³-hybridized carbons (Fsp3) is 0.542. The minimum Gasteiger partial charge on any atom is -0.381 e. The van der Waals surface area contributed by atoms with Gasteiger partial charge in [0.2, 0.25) is 5.91 Å². The number of fused-ring (bicyclic) bond motifs is 3. The summed E-state index contributed by atoms with van der Waals surface area (Å²) < 4.78 is 5.41. The molecule has 7 nitrogen and oxygen atoms in total. The van der Waals surface area contributed by atoms with Gasteiger partial charge in [-0.25, -0.2) is 4.98 Å². The zero-order valence-electron chi connectivity index (χ0n) is 18.2. The second kappa shape index (κ2) is 6.92. The van der Waals surface area contributed by atoms with Crippen molar-refractivity contribution in [3.05, 3.63) is 29.5 Å². The summed E-state index contributed by atoms with van der Waals surface area (Å²) >= 11 is 0. The van der Waals surface area contributed by atoms with E-state index in [1.165, 1.54) is 17.7 Å². The Morgan fingerprint density at radius 1 is 1.32 bits per heavy atom. The third-order valence-corrected chi connectivity index (χ3v) is 7.78. The number of nitrogens with one attached hydrogen (secondary N) is 2. The Morgan fingerprint density at radius 3 is 3.00 bits per heavy atom. The van der Waals surface area contributed by atoms with Gasteiger partial charge in [-0.2, -0.15) is 5.10 Å². The molecule has 0 bridgehead atoms. The molecule has 1 aromatic carbocycles. The number of carbonyl (C=O) groups excluding carboxylic acids is 1. The van der Waals surface area contributed by atoms with Crippen molar-refractivity contribution in [1.82, 2.24) is 20.2 Å². The van der Waals surface area contributed by atoms with Crippen LogP contribution in [0.1, 0.15) is 43.9 Å². The lowest BCUT2D eigenvalue weighted by Gasteiger charge is -2.24. The van der Waals surface area contributed by atoms with Crippen LogP contribution >= 0.6 is 0 Å². The van der Waals surface area contributed by atoms with E-state index in [1.807, 2.05) is 25.2 Å². The number of hydrogen-bond acceptors (Lipinski definition) is 4. The van der Waals surface area contributed by atoms with Crippen molar-refractivity contribution in [2.45, 2.75) is 45.4 Å². The number of aromatic nitrogens is 4. The number of rotatable bonds is 4. The maximum atomic E-state index is 12.8. The lowest BCUT2D eigenvalue weighted by Crippen LogP contribution is -2.29. The van der Waals surface area contributed by atoms with E-state index in [0.717, 1.165) is 73.1 Å². The van der Waals surface area contributed by atoms with Crippen molar-refractivity contribution >= 4 is 22.6 Å². The van der Waals surface area contributed by atoms with Crippen LogP contribution in [0.2, 0.25) is 0 Å². The third-order valence-electron chi connectivity index (χ3n) is 7.78. The first-order chi connectivity index (χ1) is 15.0. The minimum absolute atomic E-state index is 0.149. The Morgan fingerprint density at radius 2 is 2.16 bits per heavy atom. The summed E-state index contributed by atoms with van der Waals surface area (Å²) in [6, 6.07) is 5.99. The van der Waals surface area contributed by atoms with Gasteiger partial charge in [-0.15, -0.1) is 0 Å². The summed E-state index contributed by atoms with van der Waals surface area (Å²) in [5, 5.41) is 7.87. The molecule has 0 unspecified atom stereocenters. The molecule has 6 rings (SSSR count). The van der Waals surface area contributed by atoms with Gasteiger partial charge in [0, 0.05) is 43.6 Å². The average molecular weight is 420 g/mol.